The Labute approximate surface area is 185 Å². The molecule has 0 radical (unpaired) electrons. The fourth-order valence-electron chi connectivity index (χ4n) is 2.73. The minimum atomic E-state index is -1.10. The lowest BCUT2D eigenvalue weighted by Gasteiger charge is -2.10. The third-order valence-electron chi connectivity index (χ3n) is 4.26. The summed E-state index contributed by atoms with van der Waals surface area (Å²) >= 11 is 5.96. The third kappa shape index (κ3) is 5.75. The molecule has 0 saturated carbocycles. The topological polar surface area (TPSA) is 93.6 Å². The zero-order valence-electron chi connectivity index (χ0n) is 16.4. The quantitative estimate of drug-likeness (QED) is 0.519. The SMILES string of the molecule is COc1ccc(CCNc2cc(-c3ccc(Cl)c(C(=O)O)c3)nc(OC)n2)cc1.Cl. The minimum Gasteiger partial charge on any atom is -0.497 e. The van der Waals surface area contributed by atoms with Crippen LogP contribution in [0.15, 0.2) is 48.5 Å². The number of methoxy groups -OCH3 is 2. The Morgan fingerprint density at radius 2 is 1.80 bits per heavy atom. The number of carboxylic acids is 1. The predicted molar refractivity (Wildman–Crippen MR) is 118 cm³/mol. The second-order valence-electron chi connectivity index (χ2n) is 6.15. The number of rotatable bonds is 8. The molecule has 9 heteroatoms. The summed E-state index contributed by atoms with van der Waals surface area (Å²) in [7, 11) is 3.11. The van der Waals surface area contributed by atoms with E-state index in [1.807, 2.05) is 24.3 Å². The Morgan fingerprint density at radius 1 is 1.07 bits per heavy atom. The van der Waals surface area contributed by atoms with Crippen LogP contribution >= 0.6 is 24.0 Å². The number of nitrogens with zero attached hydrogens (tertiary/aromatic N) is 2. The zero-order chi connectivity index (χ0) is 20.8. The highest BCUT2D eigenvalue weighted by molar-refractivity contribution is 6.33. The van der Waals surface area contributed by atoms with E-state index in [2.05, 4.69) is 15.3 Å². The van der Waals surface area contributed by atoms with Gasteiger partial charge in [-0.1, -0.05) is 29.8 Å². The molecule has 0 saturated heterocycles. The Hall–Kier alpha value is -3.03. The van der Waals surface area contributed by atoms with Gasteiger partial charge in [-0.2, -0.15) is 9.97 Å². The van der Waals surface area contributed by atoms with Crippen LogP contribution in [0.5, 0.6) is 11.8 Å². The summed E-state index contributed by atoms with van der Waals surface area (Å²) < 4.78 is 10.4. The van der Waals surface area contributed by atoms with Crippen molar-refractivity contribution in [2.75, 3.05) is 26.1 Å². The summed E-state index contributed by atoms with van der Waals surface area (Å²) in [6, 6.07) is 14.5. The number of carboxylic acid groups (broad SMARTS) is 1. The average Bonchev–Trinajstić information content (AvgIpc) is 2.74. The molecule has 0 atom stereocenters. The average molecular weight is 450 g/mol. The summed E-state index contributed by atoms with van der Waals surface area (Å²) in [5.41, 5.74) is 2.30. The molecule has 30 heavy (non-hydrogen) atoms. The molecule has 0 amide bonds. The predicted octanol–water partition coefficient (Wildman–Crippen LogP) is 4.59. The number of aromatic nitrogens is 2. The molecular weight excluding hydrogens is 429 g/mol. The normalized spacial score (nSPS) is 10.1. The lowest BCUT2D eigenvalue weighted by atomic mass is 10.1. The number of benzene rings is 2. The third-order valence-corrected chi connectivity index (χ3v) is 4.59. The molecule has 7 nitrogen and oxygen atoms in total. The number of anilines is 1. The first-order valence-corrected chi connectivity index (χ1v) is 9.21. The van der Waals surface area contributed by atoms with Crippen molar-refractivity contribution in [3.8, 4) is 23.0 Å². The van der Waals surface area contributed by atoms with E-state index in [9.17, 15) is 9.90 Å². The van der Waals surface area contributed by atoms with E-state index in [1.54, 1.807) is 19.2 Å². The highest BCUT2D eigenvalue weighted by Crippen LogP contribution is 2.27. The molecule has 0 fully saturated rings. The van der Waals surface area contributed by atoms with E-state index in [0.717, 1.165) is 17.7 Å². The first-order chi connectivity index (χ1) is 14.0. The number of carbonyl (C=O) groups is 1. The lowest BCUT2D eigenvalue weighted by Crippen LogP contribution is -2.08. The number of hydrogen-bond donors (Lipinski definition) is 2. The van der Waals surface area contributed by atoms with Crippen molar-refractivity contribution in [3.63, 3.8) is 0 Å². The van der Waals surface area contributed by atoms with Crippen molar-refractivity contribution in [2.24, 2.45) is 0 Å². The Kier molecular flexibility index (Phi) is 8.26. The van der Waals surface area contributed by atoms with Crippen molar-refractivity contribution < 1.29 is 19.4 Å². The standard InChI is InChI=1S/C21H20ClN3O4.ClH/c1-28-15-6-3-13(4-7-15)9-10-23-19-12-18(24-21(25-19)29-2)14-5-8-17(22)16(11-14)20(26)27;/h3-8,11-12H,9-10H2,1-2H3,(H,26,27)(H,23,24,25);1H. The van der Waals surface area contributed by atoms with E-state index in [0.29, 0.717) is 23.6 Å². The van der Waals surface area contributed by atoms with Gasteiger partial charge >= 0.3 is 12.0 Å². The Balaban J connectivity index is 0.00000320. The van der Waals surface area contributed by atoms with E-state index in [1.165, 1.54) is 19.2 Å². The number of nitrogens with one attached hydrogen (secondary N) is 1. The van der Waals surface area contributed by atoms with Gasteiger partial charge in [0, 0.05) is 18.2 Å². The number of aromatic carboxylic acids is 1. The van der Waals surface area contributed by atoms with Crippen LogP contribution in [0.3, 0.4) is 0 Å². The van der Waals surface area contributed by atoms with Gasteiger partial charge in [0.15, 0.2) is 0 Å². The fourth-order valence-corrected chi connectivity index (χ4v) is 2.93. The molecule has 1 heterocycles. The molecule has 158 valence electrons. The monoisotopic (exact) mass is 449 g/mol. The van der Waals surface area contributed by atoms with E-state index >= 15 is 0 Å². The van der Waals surface area contributed by atoms with Gasteiger partial charge in [-0.3, -0.25) is 0 Å². The summed E-state index contributed by atoms with van der Waals surface area (Å²) in [4.78, 5) is 20.0. The lowest BCUT2D eigenvalue weighted by molar-refractivity contribution is 0.0697. The Morgan fingerprint density at radius 3 is 2.43 bits per heavy atom. The summed E-state index contributed by atoms with van der Waals surface area (Å²) in [6.07, 6.45) is 0.787. The van der Waals surface area contributed by atoms with Gasteiger partial charge in [0.25, 0.3) is 0 Å². The van der Waals surface area contributed by atoms with Crippen molar-refractivity contribution in [2.45, 2.75) is 6.42 Å². The van der Waals surface area contributed by atoms with Crippen LogP contribution in [-0.2, 0) is 6.42 Å². The van der Waals surface area contributed by atoms with Gasteiger partial charge in [-0.15, -0.1) is 12.4 Å². The molecule has 0 aliphatic heterocycles. The highest BCUT2D eigenvalue weighted by Gasteiger charge is 2.13. The first-order valence-electron chi connectivity index (χ1n) is 8.83. The molecule has 0 aliphatic rings. The maximum atomic E-state index is 11.3. The van der Waals surface area contributed by atoms with Crippen LogP contribution in [0.2, 0.25) is 5.02 Å². The van der Waals surface area contributed by atoms with Gasteiger partial charge in [0.05, 0.1) is 30.5 Å². The molecule has 3 aromatic rings. The van der Waals surface area contributed by atoms with Crippen LogP contribution in [0.4, 0.5) is 5.82 Å². The number of ether oxygens (including phenoxy) is 2. The molecule has 1 aromatic heterocycles. The molecule has 2 aromatic carbocycles. The maximum Gasteiger partial charge on any atom is 0.337 e. The zero-order valence-corrected chi connectivity index (χ0v) is 18.0. The van der Waals surface area contributed by atoms with Crippen molar-refractivity contribution in [3.05, 3.63) is 64.7 Å². The molecular formula is C21H21Cl2N3O4. The molecule has 0 spiro atoms. The van der Waals surface area contributed by atoms with E-state index < -0.39 is 5.97 Å². The largest absolute Gasteiger partial charge is 0.497 e. The molecule has 2 N–H and O–H groups in total. The van der Waals surface area contributed by atoms with Crippen molar-refractivity contribution in [1.29, 1.82) is 0 Å². The smallest absolute Gasteiger partial charge is 0.337 e. The van der Waals surface area contributed by atoms with Gasteiger partial charge < -0.3 is 19.9 Å². The molecule has 0 bridgehead atoms. The van der Waals surface area contributed by atoms with Crippen LogP contribution in [0, 0.1) is 0 Å². The maximum absolute atomic E-state index is 11.3. The van der Waals surface area contributed by atoms with Crippen molar-refractivity contribution >= 4 is 35.8 Å². The van der Waals surface area contributed by atoms with E-state index in [4.69, 9.17) is 21.1 Å². The van der Waals surface area contributed by atoms with Gasteiger partial charge in [0.1, 0.15) is 11.6 Å². The molecule has 0 unspecified atom stereocenters. The van der Waals surface area contributed by atoms with Gasteiger partial charge in [0.2, 0.25) is 0 Å². The highest BCUT2D eigenvalue weighted by atomic mass is 35.5. The number of hydrogen-bond acceptors (Lipinski definition) is 6. The fraction of sp³-hybridized carbons (Fsp3) is 0.190. The second kappa shape index (κ2) is 10.7. The molecule has 0 aliphatic carbocycles. The van der Waals surface area contributed by atoms with Crippen LogP contribution < -0.4 is 14.8 Å². The summed E-state index contributed by atoms with van der Waals surface area (Å²) in [6.45, 7) is 0.646. The first kappa shape index (κ1) is 23.3. The van der Waals surface area contributed by atoms with Crippen LogP contribution in [-0.4, -0.2) is 41.8 Å². The summed E-state index contributed by atoms with van der Waals surface area (Å²) in [5, 5.41) is 12.7. The van der Waals surface area contributed by atoms with E-state index in [-0.39, 0.29) is 29.0 Å². The summed E-state index contributed by atoms with van der Waals surface area (Å²) in [5.74, 6) is 0.290. The molecule has 3 rings (SSSR count). The van der Waals surface area contributed by atoms with Gasteiger partial charge in [-0.05, 0) is 36.2 Å². The number of halogens is 2. The van der Waals surface area contributed by atoms with Crippen LogP contribution in [0.25, 0.3) is 11.3 Å². The van der Waals surface area contributed by atoms with Crippen LogP contribution in [0.1, 0.15) is 15.9 Å². The van der Waals surface area contributed by atoms with Gasteiger partial charge in [-0.25, -0.2) is 4.79 Å². The van der Waals surface area contributed by atoms with Crippen molar-refractivity contribution in [1.82, 2.24) is 9.97 Å². The second-order valence-corrected chi connectivity index (χ2v) is 6.56. The minimum absolute atomic E-state index is 0. The Bertz CT molecular complexity index is 1010.